The van der Waals surface area contributed by atoms with Crippen molar-refractivity contribution in [3.8, 4) is 6.07 Å². The van der Waals surface area contributed by atoms with Crippen molar-refractivity contribution in [2.24, 2.45) is 5.92 Å². The molecule has 0 amide bonds. The number of aromatic amines is 1. The van der Waals surface area contributed by atoms with Crippen molar-refractivity contribution in [1.82, 2.24) is 20.4 Å². The van der Waals surface area contributed by atoms with E-state index in [0.29, 0.717) is 35.9 Å². The van der Waals surface area contributed by atoms with Crippen LogP contribution < -0.4 is 10.9 Å². The second kappa shape index (κ2) is 8.22. The summed E-state index contributed by atoms with van der Waals surface area (Å²) in [6.07, 6.45) is 2.79. The van der Waals surface area contributed by atoms with Crippen molar-refractivity contribution in [2.75, 3.05) is 13.1 Å². The van der Waals surface area contributed by atoms with Gasteiger partial charge in [-0.25, -0.2) is 9.49 Å². The highest BCUT2D eigenvalue weighted by atomic mass is 19.1. The molecule has 2 aromatic carbocycles. The lowest BCUT2D eigenvalue weighted by atomic mass is 10.0. The molecule has 1 aliphatic carbocycles. The Bertz CT molecular complexity index is 1210. The fourth-order valence-electron chi connectivity index (χ4n) is 4.37. The fraction of sp³-hybridized carbons (Fsp3) is 0.375. The minimum absolute atomic E-state index is 0.0492. The summed E-state index contributed by atoms with van der Waals surface area (Å²) in [5.74, 6) is 0.290. The van der Waals surface area contributed by atoms with Gasteiger partial charge in [0.05, 0.1) is 23.2 Å². The molecule has 1 atom stereocenters. The summed E-state index contributed by atoms with van der Waals surface area (Å²) in [5, 5.41) is 20.9. The summed E-state index contributed by atoms with van der Waals surface area (Å²) < 4.78 is 14.5. The first-order chi connectivity index (χ1) is 15.1. The van der Waals surface area contributed by atoms with Gasteiger partial charge in [-0.05, 0) is 36.5 Å². The number of nitrogens with one attached hydrogen (secondary N) is 2. The van der Waals surface area contributed by atoms with Crippen molar-refractivity contribution < 1.29 is 4.39 Å². The largest absolute Gasteiger partial charge is 0.296 e. The quantitative estimate of drug-likeness (QED) is 0.618. The summed E-state index contributed by atoms with van der Waals surface area (Å²) >= 11 is 0. The molecule has 3 aromatic rings. The van der Waals surface area contributed by atoms with E-state index in [4.69, 9.17) is 0 Å². The first kappa shape index (κ1) is 19.9. The third kappa shape index (κ3) is 4.22. The summed E-state index contributed by atoms with van der Waals surface area (Å²) in [5.41, 5.74) is 2.17. The SMILES string of the molecule is N#CC(NC1CN(Cc2cc(Cc3n[nH]c(=O)c4ccccc34)ccc2F)C1)C1CC1. The van der Waals surface area contributed by atoms with E-state index in [0.717, 1.165) is 42.6 Å². The summed E-state index contributed by atoms with van der Waals surface area (Å²) in [4.78, 5) is 14.2. The molecule has 2 N–H and O–H groups in total. The van der Waals surface area contributed by atoms with Crippen molar-refractivity contribution in [3.05, 3.63) is 75.5 Å². The summed E-state index contributed by atoms with van der Waals surface area (Å²) in [7, 11) is 0. The lowest BCUT2D eigenvalue weighted by Crippen LogP contribution is -2.59. The van der Waals surface area contributed by atoms with E-state index in [1.807, 2.05) is 24.3 Å². The Morgan fingerprint density at radius 3 is 2.74 bits per heavy atom. The number of aromatic nitrogens is 2. The van der Waals surface area contributed by atoms with Gasteiger partial charge in [-0.1, -0.05) is 30.3 Å². The number of nitriles is 1. The predicted molar refractivity (Wildman–Crippen MR) is 116 cm³/mol. The van der Waals surface area contributed by atoms with Gasteiger partial charge < -0.3 is 0 Å². The van der Waals surface area contributed by atoms with E-state index in [2.05, 4.69) is 26.5 Å². The molecular weight excluding hydrogens is 393 g/mol. The highest BCUT2D eigenvalue weighted by Gasteiger charge is 2.36. The third-order valence-electron chi connectivity index (χ3n) is 6.26. The van der Waals surface area contributed by atoms with Crippen LogP contribution >= 0.6 is 0 Å². The Morgan fingerprint density at radius 2 is 2.00 bits per heavy atom. The van der Waals surface area contributed by atoms with Gasteiger partial charge >= 0.3 is 0 Å². The predicted octanol–water partition coefficient (Wildman–Crippen LogP) is 2.73. The molecule has 1 saturated heterocycles. The van der Waals surface area contributed by atoms with Gasteiger partial charge in [-0.2, -0.15) is 10.4 Å². The number of H-pyrrole nitrogens is 1. The van der Waals surface area contributed by atoms with E-state index in [9.17, 15) is 14.4 Å². The molecular formula is C24H24FN5O. The van der Waals surface area contributed by atoms with Crippen LogP contribution in [0.5, 0.6) is 0 Å². The minimum atomic E-state index is -0.215. The molecule has 5 rings (SSSR count). The maximum absolute atomic E-state index is 14.5. The Balaban J connectivity index is 1.26. The molecule has 1 aliphatic heterocycles. The summed E-state index contributed by atoms with van der Waals surface area (Å²) in [6, 6.07) is 15.2. The number of rotatable bonds is 7. The van der Waals surface area contributed by atoms with Crippen molar-refractivity contribution in [3.63, 3.8) is 0 Å². The van der Waals surface area contributed by atoms with E-state index in [1.54, 1.807) is 12.1 Å². The van der Waals surface area contributed by atoms with Crippen LogP contribution in [0.15, 0.2) is 47.3 Å². The number of benzene rings is 2. The van der Waals surface area contributed by atoms with Crippen molar-refractivity contribution in [2.45, 2.75) is 37.9 Å². The lowest BCUT2D eigenvalue weighted by Gasteiger charge is -2.40. The highest BCUT2D eigenvalue weighted by Crippen LogP contribution is 2.33. The van der Waals surface area contributed by atoms with Gasteiger partial charge in [-0.3, -0.25) is 15.0 Å². The second-order valence-electron chi connectivity index (χ2n) is 8.65. The van der Waals surface area contributed by atoms with E-state index in [-0.39, 0.29) is 17.4 Å². The topological polar surface area (TPSA) is 84.8 Å². The Labute approximate surface area is 179 Å². The monoisotopic (exact) mass is 417 g/mol. The average Bonchev–Trinajstić information content (AvgIpc) is 3.59. The Kier molecular flexibility index (Phi) is 5.26. The molecule has 2 aliphatic rings. The van der Waals surface area contributed by atoms with Crippen molar-refractivity contribution in [1.29, 1.82) is 5.26 Å². The van der Waals surface area contributed by atoms with Gasteiger partial charge in [0.1, 0.15) is 5.82 Å². The van der Waals surface area contributed by atoms with Crippen LogP contribution in [-0.4, -0.2) is 40.3 Å². The molecule has 0 bridgehead atoms. The van der Waals surface area contributed by atoms with Crippen molar-refractivity contribution >= 4 is 10.8 Å². The molecule has 0 radical (unpaired) electrons. The van der Waals surface area contributed by atoms with E-state index in [1.165, 1.54) is 6.07 Å². The second-order valence-corrected chi connectivity index (χ2v) is 8.65. The fourth-order valence-corrected chi connectivity index (χ4v) is 4.37. The number of hydrogen-bond acceptors (Lipinski definition) is 5. The third-order valence-corrected chi connectivity index (χ3v) is 6.26. The van der Waals surface area contributed by atoms with E-state index >= 15 is 0 Å². The zero-order valence-corrected chi connectivity index (χ0v) is 17.1. The number of likely N-dealkylation sites (tertiary alicyclic amines) is 1. The van der Waals surface area contributed by atoms with Gasteiger partial charge in [0.25, 0.3) is 5.56 Å². The summed E-state index contributed by atoms with van der Waals surface area (Å²) in [6.45, 7) is 2.18. The van der Waals surface area contributed by atoms with Crippen LogP contribution in [0.4, 0.5) is 4.39 Å². The molecule has 7 heteroatoms. The van der Waals surface area contributed by atoms with Crippen LogP contribution in [0.3, 0.4) is 0 Å². The molecule has 2 heterocycles. The number of fused-ring (bicyclic) bond motifs is 1. The maximum Gasteiger partial charge on any atom is 0.272 e. The van der Waals surface area contributed by atoms with Gasteiger partial charge in [0.2, 0.25) is 0 Å². The zero-order chi connectivity index (χ0) is 21.4. The maximum atomic E-state index is 14.5. The first-order valence-electron chi connectivity index (χ1n) is 10.7. The zero-order valence-electron chi connectivity index (χ0n) is 17.1. The van der Waals surface area contributed by atoms with Crippen LogP contribution in [0.1, 0.15) is 29.7 Å². The molecule has 1 saturated carbocycles. The van der Waals surface area contributed by atoms with Gasteiger partial charge in [0, 0.05) is 43.0 Å². The number of halogens is 1. The lowest BCUT2D eigenvalue weighted by molar-refractivity contribution is 0.111. The molecule has 2 fully saturated rings. The van der Waals surface area contributed by atoms with Gasteiger partial charge in [-0.15, -0.1) is 0 Å². The molecule has 1 unspecified atom stereocenters. The van der Waals surface area contributed by atoms with Crippen LogP contribution in [0, 0.1) is 23.1 Å². The number of nitrogens with zero attached hydrogens (tertiary/aromatic N) is 3. The highest BCUT2D eigenvalue weighted by molar-refractivity contribution is 5.83. The number of hydrogen-bond donors (Lipinski definition) is 2. The molecule has 31 heavy (non-hydrogen) atoms. The average molecular weight is 417 g/mol. The standard InChI is InChI=1S/C24H24FN5O/c25-21-8-5-15(10-22-19-3-1-2-4-20(19)24(31)29-28-22)9-17(21)12-30-13-18(14-30)27-23(11-26)16-6-7-16/h1-5,8-9,16,18,23,27H,6-7,10,12-14H2,(H,29,31). The molecule has 6 nitrogen and oxygen atoms in total. The van der Waals surface area contributed by atoms with E-state index < -0.39 is 0 Å². The van der Waals surface area contributed by atoms with Crippen LogP contribution in [-0.2, 0) is 13.0 Å². The molecule has 0 spiro atoms. The van der Waals surface area contributed by atoms with Gasteiger partial charge in [0.15, 0.2) is 0 Å². The normalized spacial score (nSPS) is 17.9. The molecule has 1 aromatic heterocycles. The first-order valence-corrected chi connectivity index (χ1v) is 10.7. The van der Waals surface area contributed by atoms with Crippen LogP contribution in [0.25, 0.3) is 10.8 Å². The minimum Gasteiger partial charge on any atom is -0.296 e. The van der Waals surface area contributed by atoms with Crippen LogP contribution in [0.2, 0.25) is 0 Å². The Hall–Kier alpha value is -3.08. The molecule has 158 valence electrons. The Morgan fingerprint density at radius 1 is 1.23 bits per heavy atom. The smallest absolute Gasteiger partial charge is 0.272 e.